The summed E-state index contributed by atoms with van der Waals surface area (Å²) in [6, 6.07) is 3.86. The summed E-state index contributed by atoms with van der Waals surface area (Å²) in [6.07, 6.45) is 0. The van der Waals surface area contributed by atoms with E-state index in [0.29, 0.717) is 40.6 Å². The predicted molar refractivity (Wildman–Crippen MR) is 131 cm³/mol. The molecule has 0 aromatic carbocycles. The van der Waals surface area contributed by atoms with Crippen LogP contribution in [0.15, 0.2) is 37.0 Å². The highest BCUT2D eigenvalue weighted by molar-refractivity contribution is 7.97. The minimum absolute atomic E-state index is 0.415. The Balaban J connectivity index is 2.23. The van der Waals surface area contributed by atoms with E-state index < -0.39 is 0 Å². The molecule has 1 saturated heterocycles. The number of hydrogen-bond donors (Lipinski definition) is 4. The number of amidine groups is 2. The van der Waals surface area contributed by atoms with Crippen LogP contribution in [-0.4, -0.2) is 77.9 Å². The number of thiol groups is 2. The summed E-state index contributed by atoms with van der Waals surface area (Å²) in [5, 5.41) is 23.6. The number of nitrogens with zero attached hydrogens (tertiary/aromatic N) is 6. The third kappa shape index (κ3) is 8.13. The maximum Gasteiger partial charge on any atom is 0.180 e. The molecule has 0 amide bonds. The van der Waals surface area contributed by atoms with E-state index in [0.717, 1.165) is 38.5 Å². The SMILES string of the molecule is CCN/C(S)=N/N=C(/C(C)=N/N=C(\S)NCC)c1ccc(CN2CCN(C)CC2)o1. The van der Waals surface area contributed by atoms with Gasteiger partial charge >= 0.3 is 0 Å². The second-order valence-electron chi connectivity index (χ2n) is 6.89. The Morgan fingerprint density at radius 2 is 1.57 bits per heavy atom. The van der Waals surface area contributed by atoms with E-state index in [1.807, 2.05) is 26.0 Å². The summed E-state index contributed by atoms with van der Waals surface area (Å²) in [4.78, 5) is 4.71. The third-order valence-electron chi connectivity index (χ3n) is 4.42. The van der Waals surface area contributed by atoms with Gasteiger partial charge in [0.05, 0.1) is 12.3 Å². The number of hydrogen-bond acceptors (Lipinski definition) is 7. The average Bonchev–Trinajstić information content (AvgIpc) is 3.17. The van der Waals surface area contributed by atoms with Crippen LogP contribution in [0.1, 0.15) is 32.3 Å². The quantitative estimate of drug-likeness (QED) is 0.209. The van der Waals surface area contributed by atoms with E-state index in [-0.39, 0.29) is 0 Å². The van der Waals surface area contributed by atoms with Gasteiger partial charge in [-0.2, -0.15) is 5.10 Å². The summed E-state index contributed by atoms with van der Waals surface area (Å²) < 4.78 is 6.08. The Labute approximate surface area is 189 Å². The van der Waals surface area contributed by atoms with Gasteiger partial charge in [0.1, 0.15) is 5.76 Å². The van der Waals surface area contributed by atoms with Crippen molar-refractivity contribution in [3.05, 3.63) is 23.7 Å². The van der Waals surface area contributed by atoms with E-state index in [1.165, 1.54) is 0 Å². The van der Waals surface area contributed by atoms with Gasteiger partial charge in [-0.05, 0) is 40.0 Å². The van der Waals surface area contributed by atoms with E-state index in [4.69, 9.17) is 4.42 Å². The molecule has 0 saturated carbocycles. The van der Waals surface area contributed by atoms with E-state index in [9.17, 15) is 0 Å². The van der Waals surface area contributed by atoms with Gasteiger partial charge in [0.2, 0.25) is 0 Å². The fourth-order valence-corrected chi connectivity index (χ4v) is 3.18. The summed E-state index contributed by atoms with van der Waals surface area (Å²) in [7, 11) is 2.14. The highest BCUT2D eigenvalue weighted by Crippen LogP contribution is 2.14. The number of piperazine rings is 1. The first kappa shape index (κ1) is 24.4. The lowest BCUT2D eigenvalue weighted by Gasteiger charge is -2.31. The molecule has 0 radical (unpaired) electrons. The molecular weight excluding hydrogens is 420 g/mol. The van der Waals surface area contributed by atoms with Gasteiger partial charge in [0.25, 0.3) is 0 Å². The topological polar surface area (TPSA) is 93.1 Å². The summed E-state index contributed by atoms with van der Waals surface area (Å²) >= 11 is 8.53. The van der Waals surface area contributed by atoms with Crippen molar-refractivity contribution in [2.45, 2.75) is 27.3 Å². The molecular formula is C19H32N8OS2. The Morgan fingerprint density at radius 3 is 2.17 bits per heavy atom. The van der Waals surface area contributed by atoms with Gasteiger partial charge in [-0.3, -0.25) is 4.90 Å². The zero-order valence-electron chi connectivity index (χ0n) is 18.1. The highest BCUT2D eigenvalue weighted by atomic mass is 32.1. The van der Waals surface area contributed by atoms with Crippen LogP contribution in [0, 0.1) is 0 Å². The summed E-state index contributed by atoms with van der Waals surface area (Å²) in [6.45, 7) is 12.1. The van der Waals surface area contributed by atoms with Crippen LogP contribution >= 0.6 is 25.3 Å². The fraction of sp³-hybridized carbons (Fsp3) is 0.579. The molecule has 9 nitrogen and oxygen atoms in total. The molecule has 0 unspecified atom stereocenters. The van der Waals surface area contributed by atoms with Crippen LogP contribution in [0.3, 0.4) is 0 Å². The zero-order valence-corrected chi connectivity index (χ0v) is 19.9. The number of rotatable bonds is 8. The molecule has 0 atom stereocenters. The van der Waals surface area contributed by atoms with E-state index in [1.54, 1.807) is 6.92 Å². The van der Waals surface area contributed by atoms with Crippen LogP contribution in [-0.2, 0) is 6.54 Å². The Bertz CT molecular complexity index is 794. The Kier molecular flexibility index (Phi) is 10.4. The van der Waals surface area contributed by atoms with Crippen molar-refractivity contribution in [1.29, 1.82) is 0 Å². The van der Waals surface area contributed by atoms with Crippen molar-refractivity contribution in [3.63, 3.8) is 0 Å². The molecule has 30 heavy (non-hydrogen) atoms. The van der Waals surface area contributed by atoms with Crippen LogP contribution in [0.4, 0.5) is 0 Å². The molecule has 1 aliphatic heterocycles. The fourth-order valence-electron chi connectivity index (χ4n) is 2.77. The molecule has 1 aliphatic rings. The number of nitrogens with one attached hydrogen (secondary N) is 2. The first-order valence-electron chi connectivity index (χ1n) is 10.1. The Morgan fingerprint density at radius 1 is 0.967 bits per heavy atom. The van der Waals surface area contributed by atoms with Crippen molar-refractivity contribution < 1.29 is 4.42 Å². The molecule has 2 rings (SSSR count). The van der Waals surface area contributed by atoms with Gasteiger partial charge in [-0.15, -0.1) is 40.6 Å². The van der Waals surface area contributed by atoms with E-state index >= 15 is 0 Å². The van der Waals surface area contributed by atoms with Gasteiger partial charge in [-0.25, -0.2) is 0 Å². The third-order valence-corrected chi connectivity index (χ3v) is 4.92. The first-order chi connectivity index (χ1) is 14.4. The molecule has 11 heteroatoms. The molecule has 1 aromatic heterocycles. The van der Waals surface area contributed by atoms with Crippen LogP contribution in [0.5, 0.6) is 0 Å². The maximum atomic E-state index is 6.08. The van der Waals surface area contributed by atoms with Crippen molar-refractivity contribution in [2.75, 3.05) is 46.3 Å². The van der Waals surface area contributed by atoms with Gasteiger partial charge in [0.15, 0.2) is 21.8 Å². The smallest absolute Gasteiger partial charge is 0.180 e. The second-order valence-corrected chi connectivity index (χ2v) is 7.73. The minimum atomic E-state index is 0.415. The van der Waals surface area contributed by atoms with E-state index in [2.05, 4.69) is 73.1 Å². The lowest BCUT2D eigenvalue weighted by molar-refractivity contribution is 0.140. The maximum absolute atomic E-state index is 6.08. The molecule has 0 bridgehead atoms. The second kappa shape index (κ2) is 12.8. The number of furan rings is 1. The molecule has 1 aromatic rings. The van der Waals surface area contributed by atoms with Crippen molar-refractivity contribution in [2.24, 2.45) is 20.4 Å². The average molecular weight is 453 g/mol. The largest absolute Gasteiger partial charge is 0.458 e. The molecule has 0 aliphatic carbocycles. The normalized spacial score (nSPS) is 18.1. The van der Waals surface area contributed by atoms with Crippen LogP contribution in [0.25, 0.3) is 0 Å². The predicted octanol–water partition coefficient (Wildman–Crippen LogP) is 1.90. The number of likely N-dealkylation sites (N-methyl/N-ethyl adjacent to an activating group) is 1. The van der Waals surface area contributed by atoms with Crippen molar-refractivity contribution in [3.8, 4) is 0 Å². The standard InChI is InChI=1S/C19H32N8OS2/c1-5-20-18(29)24-22-14(3)17(23-25-19(30)21-6-2)16-8-7-15(28-16)13-27-11-9-26(4)10-12-27/h7-8H,5-6,9-13H2,1-4H3,(H2,20,24,29)(H2,21,25,30)/b22-14+,23-17-. The van der Waals surface area contributed by atoms with Gasteiger partial charge < -0.3 is 20.0 Å². The zero-order chi connectivity index (χ0) is 21.9. The van der Waals surface area contributed by atoms with Crippen molar-refractivity contribution in [1.82, 2.24) is 20.4 Å². The lowest BCUT2D eigenvalue weighted by atomic mass is 10.2. The summed E-state index contributed by atoms with van der Waals surface area (Å²) in [5.41, 5.74) is 1.05. The van der Waals surface area contributed by atoms with Crippen LogP contribution in [0.2, 0.25) is 0 Å². The molecule has 2 N–H and O–H groups in total. The molecule has 2 heterocycles. The summed E-state index contributed by atoms with van der Waals surface area (Å²) in [5.74, 6) is 1.46. The first-order valence-corrected chi connectivity index (χ1v) is 11.0. The Hall–Kier alpha value is -1.82. The highest BCUT2D eigenvalue weighted by Gasteiger charge is 2.18. The lowest BCUT2D eigenvalue weighted by Crippen LogP contribution is -2.43. The molecule has 0 spiro atoms. The van der Waals surface area contributed by atoms with Crippen molar-refractivity contribution >= 4 is 47.0 Å². The van der Waals surface area contributed by atoms with Gasteiger partial charge in [-0.1, -0.05) is 0 Å². The van der Waals surface area contributed by atoms with Gasteiger partial charge in [0, 0.05) is 39.3 Å². The minimum Gasteiger partial charge on any atom is -0.458 e. The monoisotopic (exact) mass is 452 g/mol. The molecule has 166 valence electrons. The van der Waals surface area contributed by atoms with Crippen LogP contribution < -0.4 is 10.6 Å². The molecule has 1 fully saturated rings.